The molecule has 0 N–H and O–H groups in total. The number of halogens is 1. The molecular weight excluding hydrogens is 301 g/mol. The zero-order valence-corrected chi connectivity index (χ0v) is 13.7. The summed E-state index contributed by atoms with van der Waals surface area (Å²) in [5.41, 5.74) is 4.32. The van der Waals surface area contributed by atoms with E-state index in [1.54, 1.807) is 6.07 Å². The number of hydrogen-bond acceptors (Lipinski definition) is 2. The zero-order chi connectivity index (χ0) is 16.7. The van der Waals surface area contributed by atoms with E-state index in [2.05, 4.69) is 36.1 Å². The first-order valence-electron chi connectivity index (χ1n) is 8.11. The summed E-state index contributed by atoms with van der Waals surface area (Å²) < 4.78 is 19.9. The molecule has 1 aromatic heterocycles. The number of nitrogens with zero attached hydrogens (tertiary/aromatic N) is 1. The monoisotopic (exact) mass is 319 g/mol. The summed E-state index contributed by atoms with van der Waals surface area (Å²) in [4.78, 5) is 2.07. The number of aryl methyl sites for hydroxylation is 1. The van der Waals surface area contributed by atoms with Crippen LogP contribution < -0.4 is 4.90 Å². The summed E-state index contributed by atoms with van der Waals surface area (Å²) in [5.74, 6) is -0.329. The summed E-state index contributed by atoms with van der Waals surface area (Å²) in [5, 5.41) is 1.74. The molecule has 0 aliphatic heterocycles. The first kappa shape index (κ1) is 14.8. The highest BCUT2D eigenvalue weighted by Gasteiger charge is 2.16. The Labute approximate surface area is 140 Å². The van der Waals surface area contributed by atoms with Crippen molar-refractivity contribution >= 4 is 33.3 Å². The van der Waals surface area contributed by atoms with E-state index in [0.29, 0.717) is 11.2 Å². The lowest BCUT2D eigenvalue weighted by atomic mass is 10.1. The zero-order valence-electron chi connectivity index (χ0n) is 13.7. The van der Waals surface area contributed by atoms with Gasteiger partial charge in [-0.3, -0.25) is 0 Å². The van der Waals surface area contributed by atoms with E-state index in [1.165, 1.54) is 11.6 Å². The second kappa shape index (κ2) is 5.68. The maximum atomic E-state index is 14.1. The van der Waals surface area contributed by atoms with Gasteiger partial charge in [0.15, 0.2) is 17.0 Å². The molecule has 3 heteroatoms. The van der Waals surface area contributed by atoms with E-state index in [4.69, 9.17) is 4.42 Å². The maximum absolute atomic E-state index is 14.1. The maximum Gasteiger partial charge on any atom is 0.171 e. The Morgan fingerprint density at radius 2 is 1.54 bits per heavy atom. The molecule has 0 aliphatic rings. The molecule has 24 heavy (non-hydrogen) atoms. The topological polar surface area (TPSA) is 16.4 Å². The minimum absolute atomic E-state index is 0.315. The van der Waals surface area contributed by atoms with Crippen LogP contribution in [-0.4, -0.2) is 7.05 Å². The summed E-state index contributed by atoms with van der Waals surface area (Å²) >= 11 is 0. The van der Waals surface area contributed by atoms with Crippen LogP contribution in [0.2, 0.25) is 0 Å². The van der Waals surface area contributed by atoms with Gasteiger partial charge in [0, 0.05) is 23.5 Å². The SMILES string of the molecule is CCc1ccc(N(C)c2cccc3c2oc2c(F)cccc23)cc1. The molecule has 0 amide bonds. The Morgan fingerprint density at radius 1 is 0.875 bits per heavy atom. The molecule has 0 aliphatic carbocycles. The first-order valence-corrected chi connectivity index (χ1v) is 8.11. The molecule has 1 heterocycles. The fraction of sp³-hybridized carbons (Fsp3) is 0.143. The molecule has 4 aromatic rings. The second-order valence-corrected chi connectivity index (χ2v) is 5.95. The number of fused-ring (bicyclic) bond motifs is 3. The van der Waals surface area contributed by atoms with Crippen LogP contribution in [0.25, 0.3) is 21.9 Å². The molecule has 0 bridgehead atoms. The van der Waals surface area contributed by atoms with Crippen LogP contribution in [0, 0.1) is 5.82 Å². The molecule has 0 saturated heterocycles. The summed E-state index contributed by atoms with van der Waals surface area (Å²) in [6.07, 6.45) is 1.02. The Kier molecular flexibility index (Phi) is 3.49. The minimum Gasteiger partial charge on any atom is -0.451 e. The number of benzene rings is 3. The number of rotatable bonds is 3. The predicted octanol–water partition coefficient (Wildman–Crippen LogP) is 6.06. The lowest BCUT2D eigenvalue weighted by molar-refractivity contribution is 0.584. The van der Waals surface area contributed by atoms with Gasteiger partial charge in [-0.05, 0) is 36.2 Å². The van der Waals surface area contributed by atoms with E-state index >= 15 is 0 Å². The van der Waals surface area contributed by atoms with Crippen LogP contribution >= 0.6 is 0 Å². The highest BCUT2D eigenvalue weighted by molar-refractivity contribution is 6.09. The van der Waals surface area contributed by atoms with Gasteiger partial charge in [0.2, 0.25) is 0 Å². The molecule has 2 nitrogen and oxygen atoms in total. The van der Waals surface area contributed by atoms with Crippen molar-refractivity contribution in [2.75, 3.05) is 11.9 Å². The highest BCUT2D eigenvalue weighted by atomic mass is 19.1. The molecule has 4 rings (SSSR count). The molecule has 3 aromatic carbocycles. The van der Waals surface area contributed by atoms with Crippen molar-refractivity contribution in [2.45, 2.75) is 13.3 Å². The number of furan rings is 1. The van der Waals surface area contributed by atoms with Gasteiger partial charge in [-0.2, -0.15) is 0 Å². The van der Waals surface area contributed by atoms with Crippen molar-refractivity contribution in [2.24, 2.45) is 0 Å². The van der Waals surface area contributed by atoms with E-state index in [9.17, 15) is 4.39 Å². The Bertz CT molecular complexity index is 1020. The van der Waals surface area contributed by atoms with Gasteiger partial charge in [-0.15, -0.1) is 0 Å². The third-order valence-corrected chi connectivity index (χ3v) is 4.55. The standard InChI is InChI=1S/C21H18FNO/c1-3-14-10-12-15(13-11-14)23(2)19-9-5-7-17-16-6-4-8-18(22)20(16)24-21(17)19/h4-13H,3H2,1-2H3. The fourth-order valence-electron chi connectivity index (χ4n) is 3.13. The average molecular weight is 319 g/mol. The summed E-state index contributed by atoms with van der Waals surface area (Å²) in [7, 11) is 2.00. The van der Waals surface area contributed by atoms with Gasteiger partial charge in [0.25, 0.3) is 0 Å². The van der Waals surface area contributed by atoms with Crippen molar-refractivity contribution in [3.8, 4) is 0 Å². The van der Waals surface area contributed by atoms with Crippen molar-refractivity contribution in [3.63, 3.8) is 0 Å². The molecule has 120 valence electrons. The van der Waals surface area contributed by atoms with E-state index in [1.807, 2.05) is 31.3 Å². The van der Waals surface area contributed by atoms with Crippen LogP contribution in [0.3, 0.4) is 0 Å². The van der Waals surface area contributed by atoms with E-state index in [0.717, 1.165) is 28.6 Å². The van der Waals surface area contributed by atoms with Crippen molar-refractivity contribution in [3.05, 3.63) is 72.0 Å². The van der Waals surface area contributed by atoms with Crippen LogP contribution in [0.5, 0.6) is 0 Å². The van der Waals surface area contributed by atoms with Crippen LogP contribution in [-0.2, 0) is 6.42 Å². The molecule has 0 unspecified atom stereocenters. The largest absolute Gasteiger partial charge is 0.451 e. The van der Waals surface area contributed by atoms with Crippen LogP contribution in [0.15, 0.2) is 65.1 Å². The number of anilines is 2. The van der Waals surface area contributed by atoms with Gasteiger partial charge in [0.1, 0.15) is 0 Å². The van der Waals surface area contributed by atoms with E-state index in [-0.39, 0.29) is 5.82 Å². The molecule has 0 atom stereocenters. The molecule has 0 fully saturated rings. The minimum atomic E-state index is -0.329. The highest BCUT2D eigenvalue weighted by Crippen LogP contribution is 2.37. The van der Waals surface area contributed by atoms with Gasteiger partial charge in [0.05, 0.1) is 5.69 Å². The van der Waals surface area contributed by atoms with Crippen molar-refractivity contribution in [1.29, 1.82) is 0 Å². The van der Waals surface area contributed by atoms with E-state index < -0.39 is 0 Å². The van der Waals surface area contributed by atoms with Crippen LogP contribution in [0.4, 0.5) is 15.8 Å². The normalized spacial score (nSPS) is 11.3. The lowest BCUT2D eigenvalue weighted by Gasteiger charge is -2.20. The van der Waals surface area contributed by atoms with Crippen LogP contribution in [0.1, 0.15) is 12.5 Å². The summed E-state index contributed by atoms with van der Waals surface area (Å²) in [6.45, 7) is 2.14. The molecular formula is C21H18FNO. The van der Waals surface area contributed by atoms with Crippen molar-refractivity contribution in [1.82, 2.24) is 0 Å². The van der Waals surface area contributed by atoms with Gasteiger partial charge < -0.3 is 9.32 Å². The predicted molar refractivity (Wildman–Crippen MR) is 97.6 cm³/mol. The summed E-state index contributed by atoms with van der Waals surface area (Å²) in [6, 6.07) is 19.4. The fourth-order valence-corrected chi connectivity index (χ4v) is 3.13. The third kappa shape index (κ3) is 2.24. The molecule has 0 radical (unpaired) electrons. The van der Waals surface area contributed by atoms with Gasteiger partial charge in [-0.25, -0.2) is 4.39 Å². The second-order valence-electron chi connectivity index (χ2n) is 5.95. The average Bonchev–Trinajstić information content (AvgIpc) is 3.01. The lowest BCUT2D eigenvalue weighted by Crippen LogP contribution is -2.09. The van der Waals surface area contributed by atoms with Gasteiger partial charge in [-0.1, -0.05) is 43.3 Å². The molecule has 0 spiro atoms. The Hall–Kier alpha value is -2.81. The number of hydrogen-bond donors (Lipinski definition) is 0. The van der Waals surface area contributed by atoms with Crippen molar-refractivity contribution < 1.29 is 8.81 Å². The first-order chi connectivity index (χ1) is 11.7. The molecule has 0 saturated carbocycles. The Morgan fingerprint density at radius 3 is 2.25 bits per heavy atom. The third-order valence-electron chi connectivity index (χ3n) is 4.55. The van der Waals surface area contributed by atoms with Gasteiger partial charge >= 0.3 is 0 Å². The quantitative estimate of drug-likeness (QED) is 0.456. The Balaban J connectivity index is 1.89. The number of para-hydroxylation sites is 2. The smallest absolute Gasteiger partial charge is 0.171 e.